The lowest BCUT2D eigenvalue weighted by Crippen LogP contribution is -2.58. The van der Waals surface area contributed by atoms with Crippen molar-refractivity contribution < 1.29 is 9.90 Å². The molecule has 2 rings (SSSR count). The molecule has 0 radical (unpaired) electrons. The fourth-order valence-electron chi connectivity index (χ4n) is 3.29. The number of hydrogen-bond acceptors (Lipinski definition) is 3. The number of carboxylic acids is 1. The first kappa shape index (κ1) is 12.8. The summed E-state index contributed by atoms with van der Waals surface area (Å²) in [6.07, 6.45) is 3.71. The maximum absolute atomic E-state index is 11.2. The van der Waals surface area contributed by atoms with Crippen LogP contribution in [0.1, 0.15) is 32.6 Å². The van der Waals surface area contributed by atoms with Crippen molar-refractivity contribution in [1.82, 2.24) is 9.80 Å². The molecule has 1 unspecified atom stereocenters. The van der Waals surface area contributed by atoms with Gasteiger partial charge in [-0.3, -0.25) is 9.69 Å². The summed E-state index contributed by atoms with van der Waals surface area (Å²) in [5.41, 5.74) is -0.0624. The van der Waals surface area contributed by atoms with Crippen LogP contribution in [0.2, 0.25) is 0 Å². The van der Waals surface area contributed by atoms with Crippen molar-refractivity contribution in [2.24, 2.45) is 5.92 Å². The number of piperazine rings is 1. The minimum absolute atomic E-state index is 0.0624. The lowest BCUT2D eigenvalue weighted by Gasteiger charge is -2.47. The summed E-state index contributed by atoms with van der Waals surface area (Å²) in [4.78, 5) is 16.0. The van der Waals surface area contributed by atoms with Gasteiger partial charge in [0.15, 0.2) is 0 Å². The first-order valence-corrected chi connectivity index (χ1v) is 6.74. The van der Waals surface area contributed by atoms with Crippen LogP contribution < -0.4 is 0 Å². The highest BCUT2D eigenvalue weighted by atomic mass is 16.4. The number of aliphatic carboxylic acids is 1. The minimum atomic E-state index is -0.641. The van der Waals surface area contributed by atoms with E-state index in [1.165, 1.54) is 12.8 Å². The molecule has 0 aromatic carbocycles. The van der Waals surface area contributed by atoms with Gasteiger partial charge in [-0.15, -0.1) is 0 Å². The van der Waals surface area contributed by atoms with Gasteiger partial charge in [-0.2, -0.15) is 0 Å². The van der Waals surface area contributed by atoms with E-state index in [0.717, 1.165) is 32.6 Å². The topological polar surface area (TPSA) is 43.8 Å². The van der Waals surface area contributed by atoms with Gasteiger partial charge in [-0.25, -0.2) is 0 Å². The second-order valence-electron chi connectivity index (χ2n) is 5.59. The predicted molar refractivity (Wildman–Crippen MR) is 67.1 cm³/mol. The Bertz CT molecular complexity index is 283. The number of carbonyl (C=O) groups is 1. The number of hydrogen-bond donors (Lipinski definition) is 1. The summed E-state index contributed by atoms with van der Waals surface area (Å²) in [6.45, 7) is 6.32. The lowest BCUT2D eigenvalue weighted by molar-refractivity contribution is -0.141. The molecular weight excluding hydrogens is 216 g/mol. The number of likely N-dealkylation sites (N-methyl/N-ethyl adjacent to an activating group) is 1. The lowest BCUT2D eigenvalue weighted by atomic mass is 9.84. The zero-order chi connectivity index (χ0) is 12.5. The Morgan fingerprint density at radius 1 is 1.29 bits per heavy atom. The van der Waals surface area contributed by atoms with Crippen LogP contribution in [-0.4, -0.2) is 59.6 Å². The zero-order valence-electron chi connectivity index (χ0n) is 11.0. The third-order valence-electron chi connectivity index (χ3n) is 4.54. The smallest absolute Gasteiger partial charge is 0.305 e. The Balaban J connectivity index is 2.11. The molecule has 0 spiro atoms. The van der Waals surface area contributed by atoms with Gasteiger partial charge in [0.25, 0.3) is 0 Å². The molecule has 1 aliphatic heterocycles. The summed E-state index contributed by atoms with van der Waals surface area (Å²) in [5, 5.41) is 9.20. The van der Waals surface area contributed by atoms with E-state index in [9.17, 15) is 9.90 Å². The van der Waals surface area contributed by atoms with E-state index in [1.54, 1.807) is 0 Å². The molecule has 1 atom stereocenters. The van der Waals surface area contributed by atoms with E-state index in [2.05, 4.69) is 23.8 Å². The van der Waals surface area contributed by atoms with Gasteiger partial charge in [0.1, 0.15) is 0 Å². The summed E-state index contributed by atoms with van der Waals surface area (Å²) < 4.78 is 0. The molecular formula is C13H24N2O2. The number of carboxylic acid groups (broad SMARTS) is 1. The van der Waals surface area contributed by atoms with Crippen molar-refractivity contribution in [3.63, 3.8) is 0 Å². The largest absolute Gasteiger partial charge is 0.481 e. The van der Waals surface area contributed by atoms with Crippen LogP contribution >= 0.6 is 0 Å². The van der Waals surface area contributed by atoms with E-state index >= 15 is 0 Å². The number of nitrogens with zero attached hydrogens (tertiary/aromatic N) is 2. The average Bonchev–Trinajstić information content (AvgIpc) is 3.11. The SMILES string of the molecule is CCC(CC(=O)O)(C1CC1)N1CCN(C)CC1. The molecule has 0 bridgehead atoms. The van der Waals surface area contributed by atoms with Crippen molar-refractivity contribution in [3.05, 3.63) is 0 Å². The zero-order valence-corrected chi connectivity index (χ0v) is 11.0. The molecule has 1 N–H and O–H groups in total. The minimum Gasteiger partial charge on any atom is -0.481 e. The first-order chi connectivity index (χ1) is 8.08. The summed E-state index contributed by atoms with van der Waals surface area (Å²) in [5.74, 6) is -0.0234. The summed E-state index contributed by atoms with van der Waals surface area (Å²) in [7, 11) is 2.14. The maximum Gasteiger partial charge on any atom is 0.305 e. The fourth-order valence-corrected chi connectivity index (χ4v) is 3.29. The molecule has 17 heavy (non-hydrogen) atoms. The van der Waals surface area contributed by atoms with Gasteiger partial charge in [0.05, 0.1) is 6.42 Å². The van der Waals surface area contributed by atoms with Gasteiger partial charge in [0, 0.05) is 31.7 Å². The molecule has 0 aromatic heterocycles. The second kappa shape index (κ2) is 4.94. The van der Waals surface area contributed by atoms with Crippen molar-refractivity contribution in [2.45, 2.75) is 38.1 Å². The second-order valence-corrected chi connectivity index (χ2v) is 5.59. The van der Waals surface area contributed by atoms with Gasteiger partial charge in [-0.05, 0) is 32.2 Å². The highest BCUT2D eigenvalue weighted by molar-refractivity contribution is 5.68. The molecule has 2 aliphatic rings. The van der Waals surface area contributed by atoms with Crippen molar-refractivity contribution in [3.8, 4) is 0 Å². The van der Waals surface area contributed by atoms with Crippen LogP contribution in [-0.2, 0) is 4.79 Å². The predicted octanol–water partition coefficient (Wildman–Crippen LogP) is 1.27. The van der Waals surface area contributed by atoms with Crippen molar-refractivity contribution in [2.75, 3.05) is 33.2 Å². The van der Waals surface area contributed by atoms with E-state index in [-0.39, 0.29) is 5.54 Å². The third-order valence-corrected chi connectivity index (χ3v) is 4.54. The molecule has 1 aliphatic carbocycles. The Kier molecular flexibility index (Phi) is 3.73. The molecule has 98 valence electrons. The van der Waals surface area contributed by atoms with Gasteiger partial charge >= 0.3 is 5.97 Å². The van der Waals surface area contributed by atoms with Crippen LogP contribution in [0.15, 0.2) is 0 Å². The molecule has 1 saturated heterocycles. The third kappa shape index (κ3) is 2.63. The first-order valence-electron chi connectivity index (χ1n) is 6.74. The van der Waals surface area contributed by atoms with Gasteiger partial charge < -0.3 is 10.0 Å². The standard InChI is InChI=1S/C13H24N2O2/c1-3-13(10-12(16)17,11-4-5-11)15-8-6-14(2)7-9-15/h11H,3-10H2,1-2H3,(H,16,17). The number of rotatable bonds is 5. The highest BCUT2D eigenvalue weighted by Gasteiger charge is 2.49. The van der Waals surface area contributed by atoms with Crippen LogP contribution in [0.25, 0.3) is 0 Å². The molecule has 1 saturated carbocycles. The van der Waals surface area contributed by atoms with E-state index in [4.69, 9.17) is 0 Å². The Labute approximate surface area is 104 Å². The fraction of sp³-hybridized carbons (Fsp3) is 0.923. The van der Waals surface area contributed by atoms with Crippen LogP contribution in [0.3, 0.4) is 0 Å². The molecule has 2 fully saturated rings. The van der Waals surface area contributed by atoms with Crippen molar-refractivity contribution in [1.29, 1.82) is 0 Å². The molecule has 4 heteroatoms. The molecule has 0 amide bonds. The normalized spacial score (nSPS) is 26.7. The Hall–Kier alpha value is -0.610. The molecule has 1 heterocycles. The highest BCUT2D eigenvalue weighted by Crippen LogP contribution is 2.47. The quantitative estimate of drug-likeness (QED) is 0.786. The molecule has 4 nitrogen and oxygen atoms in total. The van der Waals surface area contributed by atoms with Crippen LogP contribution in [0.5, 0.6) is 0 Å². The van der Waals surface area contributed by atoms with E-state index < -0.39 is 5.97 Å². The van der Waals surface area contributed by atoms with Gasteiger partial charge in [-0.1, -0.05) is 6.92 Å². The van der Waals surface area contributed by atoms with Crippen LogP contribution in [0.4, 0.5) is 0 Å². The summed E-state index contributed by atoms with van der Waals surface area (Å²) >= 11 is 0. The van der Waals surface area contributed by atoms with Crippen LogP contribution in [0, 0.1) is 5.92 Å². The maximum atomic E-state index is 11.2. The average molecular weight is 240 g/mol. The van der Waals surface area contributed by atoms with E-state index in [1.807, 2.05) is 0 Å². The monoisotopic (exact) mass is 240 g/mol. The summed E-state index contributed by atoms with van der Waals surface area (Å²) in [6, 6.07) is 0. The Morgan fingerprint density at radius 2 is 1.88 bits per heavy atom. The molecule has 0 aromatic rings. The van der Waals surface area contributed by atoms with Crippen molar-refractivity contribution >= 4 is 5.97 Å². The van der Waals surface area contributed by atoms with Gasteiger partial charge in [0.2, 0.25) is 0 Å². The Morgan fingerprint density at radius 3 is 2.29 bits per heavy atom. The van der Waals surface area contributed by atoms with E-state index in [0.29, 0.717) is 12.3 Å².